The molecule has 2 aromatic heterocycles. The number of carbonyl (C=O) groups is 1. The van der Waals surface area contributed by atoms with Gasteiger partial charge in [0.1, 0.15) is 11.5 Å². The summed E-state index contributed by atoms with van der Waals surface area (Å²) in [5, 5.41) is 7.81. The Balaban J connectivity index is 1.31. The van der Waals surface area contributed by atoms with E-state index in [1.54, 1.807) is 0 Å². The van der Waals surface area contributed by atoms with E-state index in [1.807, 2.05) is 42.6 Å². The number of pyridine rings is 1. The van der Waals surface area contributed by atoms with E-state index in [0.717, 1.165) is 42.9 Å². The van der Waals surface area contributed by atoms with Gasteiger partial charge in [-0.3, -0.25) is 4.79 Å². The van der Waals surface area contributed by atoms with E-state index in [-0.39, 0.29) is 12.3 Å². The number of nitrogens with one attached hydrogen (secondary N) is 1. The van der Waals surface area contributed by atoms with Gasteiger partial charge in [-0.05, 0) is 30.8 Å². The highest BCUT2D eigenvalue weighted by Gasteiger charge is 2.15. The number of likely N-dealkylation sites (N-methyl/N-ethyl adjacent to an activating group) is 1. The predicted molar refractivity (Wildman–Crippen MR) is 104 cm³/mol. The Morgan fingerprint density at radius 1 is 1.15 bits per heavy atom. The number of fused-ring (bicyclic) bond motifs is 1. The average Bonchev–Trinajstić information content (AvgIpc) is 3.10. The van der Waals surface area contributed by atoms with Gasteiger partial charge < -0.3 is 19.6 Å². The zero-order valence-electron chi connectivity index (χ0n) is 15.4. The molecule has 1 N–H and O–H groups in total. The molecule has 0 radical (unpaired) electrons. The van der Waals surface area contributed by atoms with Crippen LogP contribution in [0.2, 0.25) is 0 Å². The highest BCUT2D eigenvalue weighted by Crippen LogP contribution is 2.18. The lowest BCUT2D eigenvalue weighted by Gasteiger charge is -2.33. The first-order chi connectivity index (χ1) is 13.2. The Bertz CT molecular complexity index is 914. The maximum absolute atomic E-state index is 12.2. The molecule has 1 amide bonds. The van der Waals surface area contributed by atoms with Crippen LogP contribution in [0.15, 0.2) is 47.1 Å². The van der Waals surface area contributed by atoms with E-state index in [0.29, 0.717) is 17.8 Å². The Morgan fingerprint density at radius 2 is 1.96 bits per heavy atom. The number of nitrogens with zero attached hydrogens (tertiary/aromatic N) is 4. The summed E-state index contributed by atoms with van der Waals surface area (Å²) in [6.45, 7) is 4.54. The summed E-state index contributed by atoms with van der Waals surface area (Å²) in [4.78, 5) is 21.4. The standard InChI is InChI=1S/C20H23N5O2/c1-24-8-10-25(11-9-24)19-7-6-15(13-21-19)14-22-20(26)12-17-16-4-2-3-5-18(16)27-23-17/h2-7,13H,8-12,14H2,1H3,(H,22,26). The molecule has 0 atom stereocenters. The zero-order valence-corrected chi connectivity index (χ0v) is 15.4. The van der Waals surface area contributed by atoms with Crippen LogP contribution in [0.3, 0.4) is 0 Å². The van der Waals surface area contributed by atoms with Crippen molar-refractivity contribution < 1.29 is 9.32 Å². The summed E-state index contributed by atoms with van der Waals surface area (Å²) >= 11 is 0. The summed E-state index contributed by atoms with van der Waals surface area (Å²) in [5.74, 6) is 0.907. The van der Waals surface area contributed by atoms with Gasteiger partial charge in [0, 0.05) is 44.3 Å². The van der Waals surface area contributed by atoms with Crippen molar-refractivity contribution in [2.24, 2.45) is 0 Å². The van der Waals surface area contributed by atoms with Gasteiger partial charge in [0.25, 0.3) is 0 Å². The van der Waals surface area contributed by atoms with Gasteiger partial charge in [0.2, 0.25) is 5.91 Å². The monoisotopic (exact) mass is 365 g/mol. The molecule has 0 aliphatic carbocycles. The lowest BCUT2D eigenvalue weighted by molar-refractivity contribution is -0.120. The third-order valence-corrected chi connectivity index (χ3v) is 4.91. The fourth-order valence-electron chi connectivity index (χ4n) is 3.22. The molecular weight excluding hydrogens is 342 g/mol. The van der Waals surface area contributed by atoms with Crippen molar-refractivity contribution in [1.29, 1.82) is 0 Å². The zero-order chi connectivity index (χ0) is 18.6. The largest absolute Gasteiger partial charge is 0.356 e. The van der Waals surface area contributed by atoms with Crippen molar-refractivity contribution in [2.75, 3.05) is 38.1 Å². The number of para-hydroxylation sites is 1. The molecule has 1 fully saturated rings. The minimum Gasteiger partial charge on any atom is -0.356 e. The van der Waals surface area contributed by atoms with E-state index in [1.165, 1.54) is 0 Å². The minimum absolute atomic E-state index is 0.0859. The summed E-state index contributed by atoms with van der Waals surface area (Å²) < 4.78 is 5.24. The Kier molecular flexibility index (Phi) is 5.02. The van der Waals surface area contributed by atoms with Crippen LogP contribution >= 0.6 is 0 Å². The first kappa shape index (κ1) is 17.5. The average molecular weight is 365 g/mol. The summed E-state index contributed by atoms with van der Waals surface area (Å²) in [6, 6.07) is 11.6. The molecule has 1 aliphatic heterocycles. The van der Waals surface area contributed by atoms with Crippen molar-refractivity contribution in [3.8, 4) is 0 Å². The number of carbonyl (C=O) groups excluding carboxylic acids is 1. The molecule has 3 heterocycles. The van der Waals surface area contributed by atoms with Crippen LogP contribution in [0, 0.1) is 0 Å². The fraction of sp³-hybridized carbons (Fsp3) is 0.350. The van der Waals surface area contributed by atoms with E-state index in [9.17, 15) is 4.79 Å². The third-order valence-electron chi connectivity index (χ3n) is 4.91. The summed E-state index contributed by atoms with van der Waals surface area (Å²) in [6.07, 6.45) is 2.03. The van der Waals surface area contributed by atoms with Gasteiger partial charge in [-0.1, -0.05) is 23.4 Å². The van der Waals surface area contributed by atoms with E-state index in [4.69, 9.17) is 4.52 Å². The number of amides is 1. The number of benzene rings is 1. The Hall–Kier alpha value is -2.93. The molecule has 0 spiro atoms. The van der Waals surface area contributed by atoms with Gasteiger partial charge >= 0.3 is 0 Å². The fourth-order valence-corrected chi connectivity index (χ4v) is 3.22. The molecule has 140 valence electrons. The number of anilines is 1. The van der Waals surface area contributed by atoms with E-state index < -0.39 is 0 Å². The number of piperazine rings is 1. The predicted octanol–water partition coefficient (Wildman–Crippen LogP) is 1.83. The maximum Gasteiger partial charge on any atom is 0.226 e. The normalized spacial score (nSPS) is 15.2. The van der Waals surface area contributed by atoms with Gasteiger partial charge in [-0.2, -0.15) is 0 Å². The van der Waals surface area contributed by atoms with Crippen molar-refractivity contribution in [3.63, 3.8) is 0 Å². The molecule has 0 saturated carbocycles. The van der Waals surface area contributed by atoms with Gasteiger partial charge in [-0.15, -0.1) is 0 Å². The molecule has 1 aromatic carbocycles. The van der Waals surface area contributed by atoms with Crippen molar-refractivity contribution in [2.45, 2.75) is 13.0 Å². The van der Waals surface area contributed by atoms with E-state index >= 15 is 0 Å². The smallest absolute Gasteiger partial charge is 0.226 e. The molecule has 27 heavy (non-hydrogen) atoms. The van der Waals surface area contributed by atoms with Gasteiger partial charge in [0.15, 0.2) is 5.58 Å². The Labute approximate surface area is 157 Å². The molecule has 3 aromatic rings. The van der Waals surface area contributed by atoms with Gasteiger partial charge in [0.05, 0.1) is 6.42 Å². The number of aromatic nitrogens is 2. The molecule has 7 nitrogen and oxygen atoms in total. The number of hydrogen-bond acceptors (Lipinski definition) is 6. The first-order valence-corrected chi connectivity index (χ1v) is 9.17. The molecule has 4 rings (SSSR count). The lowest BCUT2D eigenvalue weighted by Crippen LogP contribution is -2.44. The second kappa shape index (κ2) is 7.75. The van der Waals surface area contributed by atoms with Gasteiger partial charge in [-0.25, -0.2) is 4.98 Å². The van der Waals surface area contributed by atoms with Crippen LogP contribution in [0.4, 0.5) is 5.82 Å². The molecule has 1 saturated heterocycles. The summed E-state index contributed by atoms with van der Waals surface area (Å²) in [7, 11) is 2.14. The Morgan fingerprint density at radius 3 is 2.74 bits per heavy atom. The molecule has 0 unspecified atom stereocenters. The highest BCUT2D eigenvalue weighted by atomic mass is 16.5. The van der Waals surface area contributed by atoms with E-state index in [2.05, 4.69) is 32.3 Å². The van der Waals surface area contributed by atoms with Crippen molar-refractivity contribution in [3.05, 3.63) is 53.9 Å². The van der Waals surface area contributed by atoms with Crippen LogP contribution in [0.5, 0.6) is 0 Å². The molecule has 0 bridgehead atoms. The second-order valence-corrected chi connectivity index (χ2v) is 6.89. The second-order valence-electron chi connectivity index (χ2n) is 6.89. The van der Waals surface area contributed by atoms with Crippen molar-refractivity contribution in [1.82, 2.24) is 20.4 Å². The van der Waals surface area contributed by atoms with Crippen molar-refractivity contribution >= 4 is 22.7 Å². The lowest BCUT2D eigenvalue weighted by atomic mass is 10.1. The molecule has 7 heteroatoms. The van der Waals surface area contributed by atoms with Crippen LogP contribution in [-0.4, -0.2) is 54.2 Å². The molecular formula is C20H23N5O2. The van der Waals surface area contributed by atoms with Crippen LogP contribution < -0.4 is 10.2 Å². The molecule has 1 aliphatic rings. The first-order valence-electron chi connectivity index (χ1n) is 9.17. The minimum atomic E-state index is -0.0859. The SMILES string of the molecule is CN1CCN(c2ccc(CNC(=O)Cc3noc4ccccc34)cn2)CC1. The van der Waals surface area contributed by atoms with Crippen LogP contribution in [-0.2, 0) is 17.8 Å². The number of rotatable bonds is 5. The van der Waals surface area contributed by atoms with Crippen LogP contribution in [0.25, 0.3) is 11.0 Å². The third kappa shape index (κ3) is 4.09. The number of hydrogen-bond donors (Lipinski definition) is 1. The maximum atomic E-state index is 12.2. The topological polar surface area (TPSA) is 74.5 Å². The van der Waals surface area contributed by atoms with Crippen LogP contribution in [0.1, 0.15) is 11.3 Å². The quantitative estimate of drug-likeness (QED) is 0.744. The highest BCUT2D eigenvalue weighted by molar-refractivity contribution is 5.86. The summed E-state index contributed by atoms with van der Waals surface area (Å²) in [5.41, 5.74) is 2.34.